The Morgan fingerprint density at radius 1 is 1.17 bits per heavy atom. The highest BCUT2D eigenvalue weighted by molar-refractivity contribution is 7.21. The van der Waals surface area contributed by atoms with E-state index in [2.05, 4.69) is 40.2 Å². The highest BCUT2D eigenvalue weighted by Gasteiger charge is 2.31. The van der Waals surface area contributed by atoms with Gasteiger partial charge in [-0.1, -0.05) is 6.07 Å². The number of hydrogen-bond acceptors (Lipinski definition) is 5. The van der Waals surface area contributed by atoms with Crippen molar-refractivity contribution in [1.29, 1.82) is 0 Å². The van der Waals surface area contributed by atoms with E-state index in [4.69, 9.17) is 4.98 Å². The van der Waals surface area contributed by atoms with Crippen molar-refractivity contribution in [2.75, 3.05) is 38.0 Å². The van der Waals surface area contributed by atoms with E-state index < -0.39 is 0 Å². The van der Waals surface area contributed by atoms with E-state index in [0.717, 1.165) is 41.4 Å². The maximum Gasteiger partial charge on any atom is 0.238 e. The van der Waals surface area contributed by atoms with E-state index in [-0.39, 0.29) is 5.91 Å². The predicted octanol–water partition coefficient (Wildman–Crippen LogP) is 3.99. The SMILES string of the molecule is Cc1ccc2nc(-c3ccc(NC(=O)CN4CCN5CCC[C@@H]5C4)cc3)sc2c1. The normalized spacial score (nSPS) is 20.1. The fourth-order valence-corrected chi connectivity index (χ4v) is 5.52. The molecule has 150 valence electrons. The Morgan fingerprint density at radius 2 is 2.03 bits per heavy atom. The summed E-state index contributed by atoms with van der Waals surface area (Å²) in [6.07, 6.45) is 2.57. The Morgan fingerprint density at radius 3 is 2.90 bits per heavy atom. The fourth-order valence-electron chi connectivity index (χ4n) is 4.45. The third-order valence-corrected chi connectivity index (χ3v) is 7.07. The van der Waals surface area contributed by atoms with Crippen molar-refractivity contribution in [2.45, 2.75) is 25.8 Å². The minimum Gasteiger partial charge on any atom is -0.325 e. The van der Waals surface area contributed by atoms with E-state index in [1.807, 2.05) is 24.3 Å². The van der Waals surface area contributed by atoms with Crippen LogP contribution in [-0.4, -0.2) is 59.5 Å². The van der Waals surface area contributed by atoms with E-state index in [9.17, 15) is 4.79 Å². The zero-order valence-corrected chi connectivity index (χ0v) is 17.5. The van der Waals surface area contributed by atoms with E-state index >= 15 is 0 Å². The molecule has 1 amide bonds. The number of anilines is 1. The van der Waals surface area contributed by atoms with Crippen molar-refractivity contribution in [3.8, 4) is 10.6 Å². The van der Waals surface area contributed by atoms with Crippen molar-refractivity contribution in [3.63, 3.8) is 0 Å². The van der Waals surface area contributed by atoms with Gasteiger partial charge >= 0.3 is 0 Å². The maximum absolute atomic E-state index is 12.5. The van der Waals surface area contributed by atoms with Gasteiger partial charge in [0.1, 0.15) is 5.01 Å². The summed E-state index contributed by atoms with van der Waals surface area (Å²) in [7, 11) is 0. The van der Waals surface area contributed by atoms with Gasteiger partial charge in [0.25, 0.3) is 0 Å². The van der Waals surface area contributed by atoms with Gasteiger partial charge in [-0.25, -0.2) is 4.98 Å². The predicted molar refractivity (Wildman–Crippen MR) is 119 cm³/mol. The number of carbonyl (C=O) groups is 1. The van der Waals surface area contributed by atoms with Crippen LogP contribution in [0.25, 0.3) is 20.8 Å². The smallest absolute Gasteiger partial charge is 0.238 e. The Kier molecular flexibility index (Phi) is 5.08. The van der Waals surface area contributed by atoms with Crippen molar-refractivity contribution in [3.05, 3.63) is 48.0 Å². The number of hydrogen-bond donors (Lipinski definition) is 1. The molecule has 5 rings (SSSR count). The van der Waals surface area contributed by atoms with Crippen LogP contribution in [0.1, 0.15) is 18.4 Å². The standard InChI is InChI=1S/C23H26N4OS/c1-16-4-9-20-21(13-16)29-23(25-20)17-5-7-18(8-6-17)24-22(28)15-26-11-12-27-10-2-3-19(27)14-26/h4-9,13,19H,2-3,10-12,14-15H2,1H3,(H,24,28)/t19-/m1/s1. The molecule has 3 aromatic rings. The summed E-state index contributed by atoms with van der Waals surface area (Å²) in [5, 5.41) is 4.06. The Balaban J connectivity index is 1.21. The summed E-state index contributed by atoms with van der Waals surface area (Å²) >= 11 is 1.71. The molecule has 5 nitrogen and oxygen atoms in total. The highest BCUT2D eigenvalue weighted by Crippen LogP contribution is 2.31. The van der Waals surface area contributed by atoms with Crippen LogP contribution in [0.3, 0.4) is 0 Å². The quantitative estimate of drug-likeness (QED) is 0.712. The number of aromatic nitrogens is 1. The van der Waals surface area contributed by atoms with Crippen molar-refractivity contribution >= 4 is 33.1 Å². The van der Waals surface area contributed by atoms with Gasteiger partial charge in [0.2, 0.25) is 5.91 Å². The number of nitrogens with zero attached hydrogens (tertiary/aromatic N) is 3. The Hall–Kier alpha value is -2.28. The molecule has 1 aromatic heterocycles. The molecule has 0 aliphatic carbocycles. The number of rotatable bonds is 4. The van der Waals surface area contributed by atoms with E-state index in [0.29, 0.717) is 12.6 Å². The number of piperazine rings is 1. The molecule has 0 bridgehead atoms. The van der Waals surface area contributed by atoms with Crippen LogP contribution in [0, 0.1) is 6.92 Å². The summed E-state index contributed by atoms with van der Waals surface area (Å²) in [6, 6.07) is 15.0. The lowest BCUT2D eigenvalue weighted by Crippen LogP contribution is -2.51. The number of benzene rings is 2. The number of thiazole rings is 1. The zero-order chi connectivity index (χ0) is 19.8. The van der Waals surface area contributed by atoms with Crippen molar-refractivity contribution < 1.29 is 4.79 Å². The average Bonchev–Trinajstić information content (AvgIpc) is 3.34. The molecule has 2 aliphatic rings. The molecule has 3 heterocycles. The Bertz CT molecular complexity index is 1030. The molecule has 6 heteroatoms. The zero-order valence-electron chi connectivity index (χ0n) is 16.7. The summed E-state index contributed by atoms with van der Waals surface area (Å²) < 4.78 is 1.21. The van der Waals surface area contributed by atoms with Gasteiger partial charge in [-0.2, -0.15) is 0 Å². The first-order chi connectivity index (χ1) is 14.1. The first kappa shape index (κ1) is 18.7. The topological polar surface area (TPSA) is 48.5 Å². The van der Waals surface area contributed by atoms with Gasteiger partial charge < -0.3 is 5.32 Å². The minimum atomic E-state index is 0.0691. The van der Waals surface area contributed by atoms with Gasteiger partial charge in [0, 0.05) is 36.9 Å². The van der Waals surface area contributed by atoms with Crippen molar-refractivity contribution in [2.24, 2.45) is 0 Å². The third-order valence-electron chi connectivity index (χ3n) is 6.00. The molecular weight excluding hydrogens is 380 g/mol. The average molecular weight is 407 g/mol. The Labute approximate surface area is 175 Å². The second-order valence-electron chi connectivity index (χ2n) is 8.18. The summed E-state index contributed by atoms with van der Waals surface area (Å²) in [4.78, 5) is 22.1. The lowest BCUT2D eigenvalue weighted by Gasteiger charge is -2.37. The first-order valence-corrected chi connectivity index (χ1v) is 11.2. The van der Waals surface area contributed by atoms with E-state index in [1.54, 1.807) is 11.3 Å². The largest absolute Gasteiger partial charge is 0.325 e. The highest BCUT2D eigenvalue weighted by atomic mass is 32.1. The number of fused-ring (bicyclic) bond motifs is 2. The molecule has 0 spiro atoms. The van der Waals surface area contributed by atoms with Crippen LogP contribution in [0.15, 0.2) is 42.5 Å². The summed E-state index contributed by atoms with van der Waals surface area (Å²) in [6.45, 7) is 6.90. The van der Waals surface area contributed by atoms with Crippen LogP contribution >= 0.6 is 11.3 Å². The molecule has 0 saturated carbocycles. The second kappa shape index (κ2) is 7.86. The van der Waals surface area contributed by atoms with Gasteiger partial charge in [-0.05, 0) is 68.3 Å². The van der Waals surface area contributed by atoms with Gasteiger partial charge in [0.05, 0.1) is 16.8 Å². The number of aryl methyl sites for hydroxylation is 1. The molecule has 2 aromatic carbocycles. The van der Waals surface area contributed by atoms with Crippen LogP contribution in [0.4, 0.5) is 5.69 Å². The van der Waals surface area contributed by atoms with E-state index in [1.165, 1.54) is 29.6 Å². The number of amides is 1. The second-order valence-corrected chi connectivity index (χ2v) is 9.21. The number of carbonyl (C=O) groups excluding carboxylic acids is 1. The van der Waals surface area contributed by atoms with Crippen LogP contribution in [0.5, 0.6) is 0 Å². The molecule has 29 heavy (non-hydrogen) atoms. The summed E-state index contributed by atoms with van der Waals surface area (Å²) in [5.74, 6) is 0.0691. The molecular formula is C23H26N4OS. The molecule has 0 unspecified atom stereocenters. The maximum atomic E-state index is 12.5. The van der Waals surface area contributed by atoms with Gasteiger partial charge in [0.15, 0.2) is 0 Å². The van der Waals surface area contributed by atoms with Gasteiger partial charge in [-0.3, -0.25) is 14.6 Å². The fraction of sp³-hybridized carbons (Fsp3) is 0.391. The minimum absolute atomic E-state index is 0.0691. The monoisotopic (exact) mass is 406 g/mol. The third kappa shape index (κ3) is 4.06. The molecule has 1 N–H and O–H groups in total. The molecule has 2 saturated heterocycles. The van der Waals surface area contributed by atoms with Crippen molar-refractivity contribution in [1.82, 2.24) is 14.8 Å². The van der Waals surface area contributed by atoms with Crippen LogP contribution < -0.4 is 5.32 Å². The number of nitrogens with one attached hydrogen (secondary N) is 1. The molecule has 2 fully saturated rings. The lowest BCUT2D eigenvalue weighted by atomic mass is 10.1. The van der Waals surface area contributed by atoms with Crippen LogP contribution in [-0.2, 0) is 4.79 Å². The molecule has 0 radical (unpaired) electrons. The lowest BCUT2D eigenvalue weighted by molar-refractivity contribution is -0.117. The summed E-state index contributed by atoms with van der Waals surface area (Å²) in [5.41, 5.74) is 4.21. The molecule has 2 aliphatic heterocycles. The molecule has 1 atom stereocenters. The first-order valence-electron chi connectivity index (χ1n) is 10.4. The van der Waals surface area contributed by atoms with Gasteiger partial charge in [-0.15, -0.1) is 11.3 Å². The van der Waals surface area contributed by atoms with Crippen LogP contribution in [0.2, 0.25) is 0 Å².